The lowest BCUT2D eigenvalue weighted by Gasteiger charge is -2.22. The van der Waals surface area contributed by atoms with Gasteiger partial charge in [0.1, 0.15) is 0 Å². The van der Waals surface area contributed by atoms with Gasteiger partial charge in [0.25, 0.3) is 0 Å². The number of terminal acetylenes is 1. The summed E-state index contributed by atoms with van der Waals surface area (Å²) < 4.78 is 0. The van der Waals surface area contributed by atoms with Gasteiger partial charge in [-0.25, -0.2) is 0 Å². The van der Waals surface area contributed by atoms with Gasteiger partial charge in [-0.1, -0.05) is 6.92 Å². The van der Waals surface area contributed by atoms with Gasteiger partial charge in [0.05, 0.1) is 6.04 Å². The Balaban J connectivity index is 2.72. The Morgan fingerprint density at radius 1 is 1.46 bits per heavy atom. The van der Waals surface area contributed by atoms with E-state index in [1.165, 1.54) is 4.90 Å². The maximum atomic E-state index is 11.3. The minimum absolute atomic E-state index is 0.0768. The van der Waals surface area contributed by atoms with Gasteiger partial charge in [-0.15, -0.1) is 12.3 Å². The summed E-state index contributed by atoms with van der Waals surface area (Å²) >= 11 is 0. The molecule has 1 saturated heterocycles. The summed E-state index contributed by atoms with van der Waals surface area (Å²) in [4.78, 5) is 23.9. The first kappa shape index (κ1) is 9.79. The Hall–Kier alpha value is -1.30. The van der Waals surface area contributed by atoms with Gasteiger partial charge < -0.3 is 0 Å². The molecule has 0 radical (unpaired) electrons. The van der Waals surface area contributed by atoms with Gasteiger partial charge in [-0.2, -0.15) is 0 Å². The normalized spacial score (nSPS) is 18.9. The molecule has 0 bridgehead atoms. The molecule has 70 valence electrons. The average Bonchev–Trinajstić information content (AvgIpc) is 2.43. The molecule has 2 amide bonds. The second-order valence-electron chi connectivity index (χ2n) is 3.13. The van der Waals surface area contributed by atoms with Crippen molar-refractivity contribution >= 4 is 11.8 Å². The molecule has 0 aromatic heterocycles. The standard InChI is InChI=1S/C10H13NO2/c1-3-5-8(4-2)11-9(12)6-7-10(11)13/h1,8H,4-7H2,2H3. The zero-order valence-electron chi connectivity index (χ0n) is 7.75. The van der Waals surface area contributed by atoms with Crippen LogP contribution in [0.5, 0.6) is 0 Å². The fourth-order valence-corrected chi connectivity index (χ4v) is 1.56. The van der Waals surface area contributed by atoms with Crippen molar-refractivity contribution in [1.29, 1.82) is 0 Å². The Kier molecular flexibility index (Phi) is 3.07. The van der Waals surface area contributed by atoms with Crippen molar-refractivity contribution in [3.63, 3.8) is 0 Å². The quantitative estimate of drug-likeness (QED) is 0.477. The highest BCUT2D eigenvalue weighted by Crippen LogP contribution is 2.18. The van der Waals surface area contributed by atoms with E-state index in [0.717, 1.165) is 6.42 Å². The fourth-order valence-electron chi connectivity index (χ4n) is 1.56. The smallest absolute Gasteiger partial charge is 0.229 e. The van der Waals surface area contributed by atoms with E-state index in [0.29, 0.717) is 19.3 Å². The van der Waals surface area contributed by atoms with E-state index in [-0.39, 0.29) is 17.9 Å². The lowest BCUT2D eigenvalue weighted by atomic mass is 10.1. The van der Waals surface area contributed by atoms with Gasteiger partial charge in [0, 0.05) is 19.3 Å². The van der Waals surface area contributed by atoms with E-state index in [9.17, 15) is 9.59 Å². The van der Waals surface area contributed by atoms with Crippen LogP contribution >= 0.6 is 0 Å². The number of likely N-dealkylation sites (tertiary alicyclic amines) is 1. The van der Waals surface area contributed by atoms with Crippen LogP contribution in [0.3, 0.4) is 0 Å². The summed E-state index contributed by atoms with van der Waals surface area (Å²) in [6, 6.07) is -0.0903. The fraction of sp³-hybridized carbons (Fsp3) is 0.600. The first-order valence-electron chi connectivity index (χ1n) is 4.49. The predicted octanol–water partition coefficient (Wildman–Crippen LogP) is 0.937. The molecule has 0 aromatic rings. The van der Waals surface area contributed by atoms with Gasteiger partial charge >= 0.3 is 0 Å². The molecule has 3 nitrogen and oxygen atoms in total. The van der Waals surface area contributed by atoms with Gasteiger partial charge in [-0.3, -0.25) is 14.5 Å². The summed E-state index contributed by atoms with van der Waals surface area (Å²) in [7, 11) is 0. The minimum Gasteiger partial charge on any atom is -0.279 e. The van der Waals surface area contributed by atoms with E-state index in [1.54, 1.807) is 0 Å². The summed E-state index contributed by atoms with van der Waals surface area (Å²) in [6.45, 7) is 1.93. The van der Waals surface area contributed by atoms with Crippen LogP contribution in [0.15, 0.2) is 0 Å². The molecular formula is C10H13NO2. The van der Waals surface area contributed by atoms with Crippen LogP contribution in [0.2, 0.25) is 0 Å². The largest absolute Gasteiger partial charge is 0.279 e. The van der Waals surface area contributed by atoms with Gasteiger partial charge in [-0.05, 0) is 6.42 Å². The molecule has 1 rings (SSSR count). The molecular weight excluding hydrogens is 166 g/mol. The number of amides is 2. The number of hydrogen-bond donors (Lipinski definition) is 0. The first-order valence-corrected chi connectivity index (χ1v) is 4.49. The zero-order valence-corrected chi connectivity index (χ0v) is 7.75. The van der Waals surface area contributed by atoms with Crippen LogP contribution in [0.25, 0.3) is 0 Å². The second kappa shape index (κ2) is 4.08. The molecule has 13 heavy (non-hydrogen) atoms. The molecule has 0 saturated carbocycles. The Morgan fingerprint density at radius 2 is 2.00 bits per heavy atom. The third-order valence-corrected chi connectivity index (χ3v) is 2.28. The molecule has 0 N–H and O–H groups in total. The van der Waals surface area contributed by atoms with Crippen molar-refractivity contribution in [3.8, 4) is 12.3 Å². The number of carbonyl (C=O) groups excluding carboxylic acids is 2. The number of imide groups is 1. The molecule has 3 heteroatoms. The first-order chi connectivity index (χ1) is 6.20. The second-order valence-corrected chi connectivity index (χ2v) is 3.13. The van der Waals surface area contributed by atoms with Crippen molar-refractivity contribution < 1.29 is 9.59 Å². The number of carbonyl (C=O) groups is 2. The lowest BCUT2D eigenvalue weighted by Crippen LogP contribution is -2.38. The lowest BCUT2D eigenvalue weighted by molar-refractivity contribution is -0.141. The molecule has 1 fully saturated rings. The number of nitrogens with zero attached hydrogens (tertiary/aromatic N) is 1. The highest BCUT2D eigenvalue weighted by Gasteiger charge is 2.33. The van der Waals surface area contributed by atoms with Crippen LogP contribution < -0.4 is 0 Å². The van der Waals surface area contributed by atoms with Gasteiger partial charge in [0.15, 0.2) is 0 Å². The van der Waals surface area contributed by atoms with Crippen LogP contribution in [-0.2, 0) is 9.59 Å². The molecule has 1 atom stereocenters. The molecule has 1 heterocycles. The van der Waals surface area contributed by atoms with E-state index in [4.69, 9.17) is 6.42 Å². The molecule has 1 unspecified atom stereocenters. The van der Waals surface area contributed by atoms with Crippen molar-refractivity contribution in [1.82, 2.24) is 4.90 Å². The predicted molar refractivity (Wildman–Crippen MR) is 48.6 cm³/mol. The maximum Gasteiger partial charge on any atom is 0.229 e. The summed E-state index contributed by atoms with van der Waals surface area (Å²) in [5.74, 6) is 2.34. The highest BCUT2D eigenvalue weighted by molar-refractivity contribution is 6.02. The number of hydrogen-bond acceptors (Lipinski definition) is 2. The van der Waals surface area contributed by atoms with Crippen LogP contribution in [0.1, 0.15) is 32.6 Å². The summed E-state index contributed by atoms with van der Waals surface area (Å²) in [5.41, 5.74) is 0. The molecule has 0 aliphatic carbocycles. The van der Waals surface area contributed by atoms with Crippen LogP contribution in [-0.4, -0.2) is 22.8 Å². The third kappa shape index (κ3) is 1.89. The van der Waals surface area contributed by atoms with Crippen molar-refractivity contribution in [2.45, 2.75) is 38.6 Å². The average molecular weight is 179 g/mol. The SMILES string of the molecule is C#CCC(CC)N1C(=O)CCC1=O. The topological polar surface area (TPSA) is 37.4 Å². The summed E-state index contributed by atoms with van der Waals surface area (Å²) in [5, 5.41) is 0. The Labute approximate surface area is 78.1 Å². The molecule has 1 aliphatic rings. The van der Waals surface area contributed by atoms with Crippen LogP contribution in [0, 0.1) is 12.3 Å². The van der Waals surface area contributed by atoms with Crippen molar-refractivity contribution in [3.05, 3.63) is 0 Å². The summed E-state index contributed by atoms with van der Waals surface area (Å²) in [6.07, 6.45) is 7.06. The monoisotopic (exact) mass is 179 g/mol. The number of rotatable bonds is 3. The van der Waals surface area contributed by atoms with E-state index in [1.807, 2.05) is 6.92 Å². The van der Waals surface area contributed by atoms with Crippen LogP contribution in [0.4, 0.5) is 0 Å². The Bertz CT molecular complexity index is 249. The minimum atomic E-state index is -0.0903. The van der Waals surface area contributed by atoms with E-state index < -0.39 is 0 Å². The molecule has 1 aliphatic heterocycles. The van der Waals surface area contributed by atoms with E-state index in [2.05, 4.69) is 5.92 Å². The highest BCUT2D eigenvalue weighted by atomic mass is 16.2. The third-order valence-electron chi connectivity index (χ3n) is 2.28. The van der Waals surface area contributed by atoms with Crippen molar-refractivity contribution in [2.24, 2.45) is 0 Å². The Morgan fingerprint density at radius 3 is 2.38 bits per heavy atom. The molecule has 0 aromatic carbocycles. The van der Waals surface area contributed by atoms with Gasteiger partial charge in [0.2, 0.25) is 11.8 Å². The zero-order chi connectivity index (χ0) is 9.84. The molecule has 0 spiro atoms. The maximum absolute atomic E-state index is 11.3. The van der Waals surface area contributed by atoms with Crippen molar-refractivity contribution in [2.75, 3.05) is 0 Å². The van der Waals surface area contributed by atoms with E-state index >= 15 is 0 Å².